The zero-order valence-corrected chi connectivity index (χ0v) is 14.4. The second-order valence-corrected chi connectivity index (χ2v) is 7.19. The number of likely N-dealkylation sites (tertiary alicyclic amines) is 1. The number of aryl methyl sites for hydroxylation is 1. The summed E-state index contributed by atoms with van der Waals surface area (Å²) >= 11 is 1.81. The van der Waals surface area contributed by atoms with Crippen molar-refractivity contribution in [1.82, 2.24) is 25.0 Å². The smallest absolute Gasteiger partial charge is 0.278 e. The largest absolute Gasteiger partial charge is 0.332 e. The summed E-state index contributed by atoms with van der Waals surface area (Å²) in [4.78, 5) is 17.0. The van der Waals surface area contributed by atoms with E-state index in [-0.39, 0.29) is 0 Å². The molecule has 1 unspecified atom stereocenters. The van der Waals surface area contributed by atoms with Gasteiger partial charge in [0.2, 0.25) is 0 Å². The van der Waals surface area contributed by atoms with Crippen molar-refractivity contribution in [1.29, 1.82) is 0 Å². The maximum absolute atomic E-state index is 5.40. The Morgan fingerprint density at radius 1 is 1.33 bits per heavy atom. The SMILES string of the molecule is Cc1cnc(-c2nc(C3CCCN(Cc4cccs4)C3)no2)cn1. The molecule has 24 heavy (non-hydrogen) atoms. The van der Waals surface area contributed by atoms with Crippen LogP contribution in [0, 0.1) is 6.92 Å². The first kappa shape index (κ1) is 15.4. The van der Waals surface area contributed by atoms with Gasteiger partial charge in [0.15, 0.2) is 5.82 Å². The molecule has 1 atom stereocenters. The van der Waals surface area contributed by atoms with Crippen molar-refractivity contribution < 1.29 is 4.52 Å². The Morgan fingerprint density at radius 2 is 2.29 bits per heavy atom. The molecular weight excluding hydrogens is 322 g/mol. The van der Waals surface area contributed by atoms with E-state index in [4.69, 9.17) is 4.52 Å². The Labute approximate surface area is 144 Å². The van der Waals surface area contributed by atoms with E-state index in [1.54, 1.807) is 12.4 Å². The average molecular weight is 341 g/mol. The summed E-state index contributed by atoms with van der Waals surface area (Å²) in [5.41, 5.74) is 1.50. The van der Waals surface area contributed by atoms with Crippen molar-refractivity contribution in [3.63, 3.8) is 0 Å². The molecule has 7 heteroatoms. The molecule has 3 aromatic rings. The van der Waals surface area contributed by atoms with Gasteiger partial charge in [0, 0.05) is 30.1 Å². The minimum atomic E-state index is 0.314. The van der Waals surface area contributed by atoms with Crippen molar-refractivity contribution in [2.75, 3.05) is 13.1 Å². The third-order valence-electron chi connectivity index (χ3n) is 4.27. The van der Waals surface area contributed by atoms with E-state index in [0.717, 1.165) is 44.0 Å². The van der Waals surface area contributed by atoms with Crippen LogP contribution in [0.25, 0.3) is 11.6 Å². The van der Waals surface area contributed by atoms with Crippen molar-refractivity contribution in [3.05, 3.63) is 46.3 Å². The van der Waals surface area contributed by atoms with Crippen LogP contribution in [0.1, 0.15) is 35.2 Å². The van der Waals surface area contributed by atoms with E-state index in [1.165, 1.54) is 4.88 Å². The summed E-state index contributed by atoms with van der Waals surface area (Å²) in [6, 6.07) is 4.30. The summed E-state index contributed by atoms with van der Waals surface area (Å²) in [5.74, 6) is 1.55. The van der Waals surface area contributed by atoms with Crippen LogP contribution in [0.15, 0.2) is 34.4 Å². The zero-order valence-electron chi connectivity index (χ0n) is 13.6. The minimum Gasteiger partial charge on any atom is -0.332 e. The third kappa shape index (κ3) is 3.37. The molecule has 4 rings (SSSR count). The van der Waals surface area contributed by atoms with Crippen LogP contribution in [-0.2, 0) is 6.54 Å². The quantitative estimate of drug-likeness (QED) is 0.725. The highest BCUT2D eigenvalue weighted by atomic mass is 32.1. The normalized spacial score (nSPS) is 18.8. The van der Waals surface area contributed by atoms with E-state index in [2.05, 4.69) is 42.5 Å². The summed E-state index contributed by atoms with van der Waals surface area (Å²) in [7, 11) is 0. The van der Waals surface area contributed by atoms with Crippen molar-refractivity contribution in [2.45, 2.75) is 32.2 Å². The summed E-state index contributed by atoms with van der Waals surface area (Å²) in [6.45, 7) is 5.00. The highest BCUT2D eigenvalue weighted by Gasteiger charge is 2.26. The van der Waals surface area contributed by atoms with E-state index in [0.29, 0.717) is 17.5 Å². The molecule has 1 fully saturated rings. The van der Waals surface area contributed by atoms with Gasteiger partial charge in [0.05, 0.1) is 11.9 Å². The molecule has 4 heterocycles. The van der Waals surface area contributed by atoms with E-state index >= 15 is 0 Å². The van der Waals surface area contributed by atoms with E-state index < -0.39 is 0 Å². The summed E-state index contributed by atoms with van der Waals surface area (Å²) < 4.78 is 5.40. The van der Waals surface area contributed by atoms with Gasteiger partial charge >= 0.3 is 0 Å². The van der Waals surface area contributed by atoms with Gasteiger partial charge in [0.25, 0.3) is 5.89 Å². The molecule has 1 saturated heterocycles. The molecule has 0 amide bonds. The van der Waals surface area contributed by atoms with Gasteiger partial charge in [-0.2, -0.15) is 4.98 Å². The predicted molar refractivity (Wildman–Crippen MR) is 91.6 cm³/mol. The average Bonchev–Trinajstić information content (AvgIpc) is 3.28. The van der Waals surface area contributed by atoms with Crippen LogP contribution in [-0.4, -0.2) is 38.1 Å². The number of rotatable bonds is 4. The van der Waals surface area contributed by atoms with Gasteiger partial charge in [-0.05, 0) is 37.8 Å². The Hall–Kier alpha value is -2.12. The van der Waals surface area contributed by atoms with E-state index in [1.807, 2.05) is 18.3 Å². The Bertz CT molecular complexity index is 784. The topological polar surface area (TPSA) is 67.9 Å². The molecule has 0 aromatic carbocycles. The fraction of sp³-hybridized carbons (Fsp3) is 0.412. The molecule has 124 valence electrons. The molecule has 3 aromatic heterocycles. The number of aromatic nitrogens is 4. The molecule has 0 radical (unpaired) electrons. The first-order chi connectivity index (χ1) is 11.8. The molecule has 1 aliphatic heterocycles. The number of thiophene rings is 1. The predicted octanol–water partition coefficient (Wildman–Crippen LogP) is 3.28. The molecule has 0 aliphatic carbocycles. The van der Waals surface area contributed by atoms with E-state index in [9.17, 15) is 0 Å². The monoisotopic (exact) mass is 341 g/mol. The lowest BCUT2D eigenvalue weighted by Gasteiger charge is -2.30. The standard InChI is InChI=1S/C17H19N5OS/c1-12-8-19-15(9-18-12)17-20-16(21-23-17)13-4-2-6-22(10-13)11-14-5-3-7-24-14/h3,5,7-9,13H,2,4,6,10-11H2,1H3. The fourth-order valence-electron chi connectivity index (χ4n) is 3.04. The van der Waals surface area contributed by atoms with Crippen LogP contribution in [0.5, 0.6) is 0 Å². The molecule has 1 aliphatic rings. The number of hydrogen-bond acceptors (Lipinski definition) is 7. The number of piperidine rings is 1. The molecule has 0 saturated carbocycles. The first-order valence-corrected chi connectivity index (χ1v) is 9.03. The minimum absolute atomic E-state index is 0.314. The molecule has 6 nitrogen and oxygen atoms in total. The second kappa shape index (κ2) is 6.78. The van der Waals surface area contributed by atoms with Gasteiger partial charge in [-0.3, -0.25) is 9.88 Å². The van der Waals surface area contributed by atoms with Crippen LogP contribution >= 0.6 is 11.3 Å². The fourth-order valence-corrected chi connectivity index (χ4v) is 3.79. The Kier molecular flexibility index (Phi) is 4.36. The van der Waals surface area contributed by atoms with Gasteiger partial charge < -0.3 is 4.52 Å². The lowest BCUT2D eigenvalue weighted by Crippen LogP contribution is -2.34. The molecule has 0 N–H and O–H groups in total. The van der Waals surface area contributed by atoms with Gasteiger partial charge in [-0.1, -0.05) is 11.2 Å². The zero-order chi connectivity index (χ0) is 16.4. The second-order valence-electron chi connectivity index (χ2n) is 6.15. The highest BCUT2D eigenvalue weighted by Crippen LogP contribution is 2.27. The van der Waals surface area contributed by atoms with Gasteiger partial charge in [0.1, 0.15) is 5.69 Å². The number of hydrogen-bond donors (Lipinski definition) is 0. The van der Waals surface area contributed by atoms with Crippen molar-refractivity contribution in [2.24, 2.45) is 0 Å². The Balaban J connectivity index is 1.46. The first-order valence-electron chi connectivity index (χ1n) is 8.15. The van der Waals surface area contributed by atoms with Gasteiger partial charge in [-0.25, -0.2) is 4.98 Å². The van der Waals surface area contributed by atoms with Gasteiger partial charge in [-0.15, -0.1) is 11.3 Å². The van der Waals surface area contributed by atoms with Crippen LogP contribution in [0.2, 0.25) is 0 Å². The Morgan fingerprint density at radius 3 is 3.08 bits per heavy atom. The summed E-state index contributed by atoms with van der Waals surface area (Å²) in [5, 5.41) is 6.32. The molecule has 0 spiro atoms. The van der Waals surface area contributed by atoms with Crippen molar-refractivity contribution in [3.8, 4) is 11.6 Å². The lowest BCUT2D eigenvalue weighted by atomic mass is 9.97. The number of nitrogens with zero attached hydrogens (tertiary/aromatic N) is 5. The maximum atomic E-state index is 5.40. The third-order valence-corrected chi connectivity index (χ3v) is 5.13. The molecule has 0 bridgehead atoms. The highest BCUT2D eigenvalue weighted by molar-refractivity contribution is 7.09. The van der Waals surface area contributed by atoms with Crippen LogP contribution < -0.4 is 0 Å². The molecular formula is C17H19N5OS. The van der Waals surface area contributed by atoms with Crippen LogP contribution in [0.3, 0.4) is 0 Å². The lowest BCUT2D eigenvalue weighted by molar-refractivity contribution is 0.196. The summed E-state index contributed by atoms with van der Waals surface area (Å²) in [6.07, 6.45) is 5.64. The maximum Gasteiger partial charge on any atom is 0.278 e. The van der Waals surface area contributed by atoms with Crippen LogP contribution in [0.4, 0.5) is 0 Å². The van der Waals surface area contributed by atoms with Crippen molar-refractivity contribution >= 4 is 11.3 Å².